The van der Waals surface area contributed by atoms with E-state index in [0.29, 0.717) is 12.1 Å². The van der Waals surface area contributed by atoms with Crippen LogP contribution in [0.1, 0.15) is 44.0 Å². The minimum atomic E-state index is -0.0337. The number of aliphatic hydroxyl groups excluding tert-OH is 1. The molecular weight excluding hydrogens is 412 g/mol. The number of piperazine rings is 1. The van der Waals surface area contributed by atoms with E-state index in [1.54, 1.807) is 0 Å². The van der Waals surface area contributed by atoms with Gasteiger partial charge in [-0.05, 0) is 63.9 Å². The van der Waals surface area contributed by atoms with Crippen LogP contribution in [0, 0.1) is 0 Å². The molecule has 1 saturated heterocycles. The Kier molecular flexibility index (Phi) is 6.54. The van der Waals surface area contributed by atoms with E-state index in [4.69, 9.17) is 9.98 Å². The van der Waals surface area contributed by atoms with Gasteiger partial charge in [-0.15, -0.1) is 0 Å². The Balaban J connectivity index is 1.30. The van der Waals surface area contributed by atoms with Crippen LogP contribution < -0.4 is 0 Å². The van der Waals surface area contributed by atoms with Crippen molar-refractivity contribution >= 4 is 5.84 Å². The smallest absolute Gasteiger partial charge is 0.129 e. The number of hydrogen-bond acceptors (Lipinski definition) is 7. The maximum Gasteiger partial charge on any atom is 0.129 e. The molecule has 1 aromatic rings. The molecule has 2 unspecified atom stereocenters. The van der Waals surface area contributed by atoms with Crippen LogP contribution in [-0.2, 0) is 6.42 Å². The molecule has 178 valence electrons. The zero-order chi connectivity index (χ0) is 22.9. The third kappa shape index (κ3) is 4.34. The molecule has 0 bridgehead atoms. The van der Waals surface area contributed by atoms with E-state index in [0.717, 1.165) is 51.4 Å². The summed E-state index contributed by atoms with van der Waals surface area (Å²) in [6.45, 7) is 9.62. The van der Waals surface area contributed by atoms with Gasteiger partial charge in [-0.2, -0.15) is 0 Å². The molecule has 7 heteroatoms. The standard InChI is InChI=1S/C26H38N6O/c1-19(2)30-13-15-31(16-14-30)25-11-5-10-24-28-21(23(18-33)32(24)25)17-29(3)22-9-4-7-20-8-6-12-27-26(20)22/h5-6,8,10-12,19,21-23,33H,4,7,9,13-18H2,1-3H3/t21?,22-,23?/m0/s1. The Morgan fingerprint density at radius 1 is 1.21 bits per heavy atom. The summed E-state index contributed by atoms with van der Waals surface area (Å²) in [7, 11) is 2.19. The summed E-state index contributed by atoms with van der Waals surface area (Å²) in [5.41, 5.74) is 2.60. The van der Waals surface area contributed by atoms with Gasteiger partial charge in [0.05, 0.1) is 30.4 Å². The Bertz CT molecular complexity index is 932. The summed E-state index contributed by atoms with van der Waals surface area (Å²) in [6, 6.07) is 5.17. The lowest BCUT2D eigenvalue weighted by atomic mass is 9.90. The number of allylic oxidation sites excluding steroid dienone is 2. The molecule has 4 heterocycles. The van der Waals surface area contributed by atoms with Crippen LogP contribution >= 0.6 is 0 Å². The molecule has 1 aliphatic carbocycles. The first kappa shape index (κ1) is 22.6. The number of fused-ring (bicyclic) bond motifs is 2. The topological polar surface area (TPSA) is 58.4 Å². The Morgan fingerprint density at radius 3 is 2.79 bits per heavy atom. The molecule has 1 aromatic heterocycles. The van der Waals surface area contributed by atoms with Gasteiger partial charge >= 0.3 is 0 Å². The summed E-state index contributed by atoms with van der Waals surface area (Å²) in [5, 5.41) is 10.5. The number of aryl methyl sites for hydroxylation is 1. The Hall–Kier alpha value is -2.22. The van der Waals surface area contributed by atoms with Gasteiger partial charge in [-0.25, -0.2) is 0 Å². The fraction of sp³-hybridized carbons (Fsp3) is 0.615. The van der Waals surface area contributed by atoms with Gasteiger partial charge in [0.1, 0.15) is 11.7 Å². The lowest BCUT2D eigenvalue weighted by molar-refractivity contribution is 0.0942. The van der Waals surface area contributed by atoms with Gasteiger partial charge in [0, 0.05) is 45.0 Å². The number of likely N-dealkylation sites (N-methyl/N-ethyl adjacent to an activating group) is 1. The number of amidine groups is 1. The van der Waals surface area contributed by atoms with Gasteiger partial charge in [0.25, 0.3) is 0 Å². The number of aliphatic hydroxyl groups is 1. The number of pyridine rings is 1. The SMILES string of the molecule is CC(C)N1CCN(C2=CC=CC3=NC(CN(C)[C@H]4CCCc5cccnc54)C(CO)N23)CC1. The molecule has 0 spiro atoms. The molecule has 0 amide bonds. The zero-order valence-corrected chi connectivity index (χ0v) is 20.3. The minimum absolute atomic E-state index is 0.0337. The van der Waals surface area contributed by atoms with Crippen molar-refractivity contribution in [2.75, 3.05) is 46.4 Å². The number of rotatable bonds is 6. The second-order valence-corrected chi connectivity index (χ2v) is 10.1. The van der Waals surface area contributed by atoms with Crippen LogP contribution in [0.15, 0.2) is 47.4 Å². The quantitative estimate of drug-likeness (QED) is 0.718. The van der Waals surface area contributed by atoms with Crippen molar-refractivity contribution in [2.24, 2.45) is 4.99 Å². The number of hydrogen-bond donors (Lipinski definition) is 1. The molecule has 0 radical (unpaired) electrons. The average molecular weight is 451 g/mol. The maximum absolute atomic E-state index is 10.5. The van der Waals surface area contributed by atoms with E-state index < -0.39 is 0 Å². The molecule has 1 N–H and O–H groups in total. The monoisotopic (exact) mass is 450 g/mol. The van der Waals surface area contributed by atoms with Crippen molar-refractivity contribution in [2.45, 2.75) is 57.3 Å². The van der Waals surface area contributed by atoms with E-state index in [1.165, 1.54) is 23.5 Å². The molecule has 33 heavy (non-hydrogen) atoms. The third-order valence-electron chi connectivity index (χ3n) is 7.79. The molecule has 3 atom stereocenters. The fourth-order valence-electron chi connectivity index (χ4n) is 5.90. The van der Waals surface area contributed by atoms with Gasteiger partial charge in [0.2, 0.25) is 0 Å². The van der Waals surface area contributed by atoms with Crippen LogP contribution in [0.3, 0.4) is 0 Å². The second-order valence-electron chi connectivity index (χ2n) is 10.1. The number of nitrogens with zero attached hydrogens (tertiary/aromatic N) is 6. The van der Waals surface area contributed by atoms with Crippen LogP contribution in [0.2, 0.25) is 0 Å². The predicted octanol–water partition coefficient (Wildman–Crippen LogP) is 2.27. The molecule has 7 nitrogen and oxygen atoms in total. The maximum atomic E-state index is 10.5. The molecular formula is C26H38N6O. The predicted molar refractivity (Wildman–Crippen MR) is 132 cm³/mol. The summed E-state index contributed by atoms with van der Waals surface area (Å²) in [6.07, 6.45) is 11.8. The highest BCUT2D eigenvalue weighted by Crippen LogP contribution is 2.34. The first-order valence-electron chi connectivity index (χ1n) is 12.6. The second kappa shape index (κ2) is 9.57. The van der Waals surface area contributed by atoms with Crippen LogP contribution in [0.5, 0.6) is 0 Å². The highest BCUT2D eigenvalue weighted by Gasteiger charge is 2.41. The largest absolute Gasteiger partial charge is 0.394 e. The van der Waals surface area contributed by atoms with Crippen molar-refractivity contribution in [3.63, 3.8) is 0 Å². The van der Waals surface area contributed by atoms with Gasteiger partial charge in [0.15, 0.2) is 0 Å². The number of aliphatic imine (C=N–C) groups is 1. The highest BCUT2D eigenvalue weighted by molar-refractivity contribution is 5.97. The Labute approximate surface area is 198 Å². The zero-order valence-electron chi connectivity index (χ0n) is 20.3. The van der Waals surface area contributed by atoms with Gasteiger partial charge < -0.3 is 14.9 Å². The molecule has 0 aromatic carbocycles. The van der Waals surface area contributed by atoms with E-state index in [2.05, 4.69) is 64.8 Å². The molecule has 1 fully saturated rings. The van der Waals surface area contributed by atoms with E-state index in [-0.39, 0.29) is 18.7 Å². The van der Waals surface area contributed by atoms with E-state index >= 15 is 0 Å². The van der Waals surface area contributed by atoms with E-state index in [9.17, 15) is 5.11 Å². The normalized spacial score (nSPS) is 27.6. The molecule has 4 aliphatic rings. The van der Waals surface area contributed by atoms with Crippen molar-refractivity contribution < 1.29 is 5.11 Å². The first-order chi connectivity index (χ1) is 16.1. The van der Waals surface area contributed by atoms with Crippen LogP contribution in [0.4, 0.5) is 0 Å². The summed E-state index contributed by atoms with van der Waals surface area (Å²) in [4.78, 5) is 19.5. The average Bonchev–Trinajstić information content (AvgIpc) is 3.20. The minimum Gasteiger partial charge on any atom is -0.394 e. The third-order valence-corrected chi connectivity index (χ3v) is 7.79. The van der Waals surface area contributed by atoms with E-state index in [1.807, 2.05) is 12.3 Å². The first-order valence-corrected chi connectivity index (χ1v) is 12.6. The van der Waals surface area contributed by atoms with Crippen molar-refractivity contribution in [1.29, 1.82) is 0 Å². The van der Waals surface area contributed by atoms with Crippen molar-refractivity contribution in [3.05, 3.63) is 53.6 Å². The van der Waals surface area contributed by atoms with Crippen LogP contribution in [-0.4, -0.2) is 100 Å². The summed E-state index contributed by atoms with van der Waals surface area (Å²) in [5.74, 6) is 2.17. The molecule has 0 saturated carbocycles. The van der Waals surface area contributed by atoms with Crippen LogP contribution in [0.25, 0.3) is 0 Å². The van der Waals surface area contributed by atoms with Gasteiger partial charge in [-0.1, -0.05) is 12.1 Å². The molecule has 5 rings (SSSR count). The lowest BCUT2D eigenvalue weighted by Gasteiger charge is -2.44. The molecule has 3 aliphatic heterocycles. The fourth-order valence-corrected chi connectivity index (χ4v) is 5.90. The lowest BCUT2D eigenvalue weighted by Crippen LogP contribution is -2.54. The number of aromatic nitrogens is 1. The van der Waals surface area contributed by atoms with Gasteiger partial charge in [-0.3, -0.25) is 19.8 Å². The summed E-state index contributed by atoms with van der Waals surface area (Å²) < 4.78 is 0. The summed E-state index contributed by atoms with van der Waals surface area (Å²) >= 11 is 0. The van der Waals surface area contributed by atoms with Crippen molar-refractivity contribution in [3.8, 4) is 0 Å². The highest BCUT2D eigenvalue weighted by atomic mass is 16.3. The Morgan fingerprint density at radius 2 is 2.03 bits per heavy atom. The van der Waals surface area contributed by atoms with Crippen molar-refractivity contribution in [1.82, 2.24) is 24.6 Å².